The number of hydrogen-bond donors (Lipinski definition) is 2. The van der Waals surface area contributed by atoms with Gasteiger partial charge in [-0.05, 0) is 53.4 Å². The number of guanidine groups is 1. The highest BCUT2D eigenvalue weighted by atomic mass is 127. The van der Waals surface area contributed by atoms with Gasteiger partial charge in [-0.25, -0.2) is 9.67 Å². The molecule has 0 atom stereocenters. The summed E-state index contributed by atoms with van der Waals surface area (Å²) >= 11 is 1.70. The maximum absolute atomic E-state index is 4.62. The van der Waals surface area contributed by atoms with Gasteiger partial charge < -0.3 is 10.6 Å². The van der Waals surface area contributed by atoms with Crippen molar-refractivity contribution < 1.29 is 0 Å². The second-order valence-corrected chi connectivity index (χ2v) is 6.41. The minimum absolute atomic E-state index is 0. The standard InChI is InChI=1S/C19H23N5S.HI/c1-2-20-19(22-12-17-9-11-25-15-17)21-10-8-16-13-23-24(14-16)18-6-4-3-5-7-18;/h3-7,9,11,13-15H,2,8,10,12H2,1H3,(H2,20,21,22);1H. The van der Waals surface area contributed by atoms with Crippen LogP contribution < -0.4 is 10.6 Å². The molecule has 0 aliphatic heterocycles. The molecule has 0 saturated heterocycles. The Morgan fingerprint density at radius 3 is 2.73 bits per heavy atom. The Morgan fingerprint density at radius 1 is 1.15 bits per heavy atom. The summed E-state index contributed by atoms with van der Waals surface area (Å²) in [4.78, 5) is 4.62. The van der Waals surface area contributed by atoms with Crippen molar-refractivity contribution in [3.8, 4) is 5.69 Å². The number of benzene rings is 1. The number of hydrogen-bond acceptors (Lipinski definition) is 3. The van der Waals surface area contributed by atoms with E-state index in [1.54, 1.807) is 11.3 Å². The molecule has 0 aliphatic rings. The van der Waals surface area contributed by atoms with Crippen molar-refractivity contribution >= 4 is 41.3 Å². The van der Waals surface area contributed by atoms with Crippen LogP contribution in [0.1, 0.15) is 18.1 Å². The molecule has 5 nitrogen and oxygen atoms in total. The van der Waals surface area contributed by atoms with Crippen molar-refractivity contribution in [2.45, 2.75) is 19.9 Å². The predicted octanol–water partition coefficient (Wildman–Crippen LogP) is 3.85. The Balaban J connectivity index is 0.00000243. The molecule has 0 fully saturated rings. The third-order valence-electron chi connectivity index (χ3n) is 3.71. The van der Waals surface area contributed by atoms with Gasteiger partial charge in [0.15, 0.2) is 5.96 Å². The van der Waals surface area contributed by atoms with E-state index in [1.165, 1.54) is 11.1 Å². The molecule has 138 valence electrons. The number of aliphatic imine (C=N–C) groups is 1. The van der Waals surface area contributed by atoms with Crippen molar-refractivity contribution in [1.29, 1.82) is 0 Å². The van der Waals surface area contributed by atoms with Gasteiger partial charge in [0, 0.05) is 19.3 Å². The maximum Gasteiger partial charge on any atom is 0.191 e. The average Bonchev–Trinajstić information content (AvgIpc) is 3.32. The number of halogens is 1. The van der Waals surface area contributed by atoms with E-state index in [9.17, 15) is 0 Å². The normalized spacial score (nSPS) is 11.0. The Bertz CT molecular complexity index is 783. The van der Waals surface area contributed by atoms with E-state index < -0.39 is 0 Å². The first-order valence-electron chi connectivity index (χ1n) is 8.47. The van der Waals surface area contributed by atoms with Crippen LogP contribution in [-0.4, -0.2) is 28.8 Å². The molecular weight excluding hydrogens is 457 g/mol. The van der Waals surface area contributed by atoms with Gasteiger partial charge in [0.05, 0.1) is 18.4 Å². The third-order valence-corrected chi connectivity index (χ3v) is 4.44. The zero-order valence-electron chi connectivity index (χ0n) is 14.8. The minimum Gasteiger partial charge on any atom is -0.357 e. The zero-order valence-corrected chi connectivity index (χ0v) is 17.9. The quantitative estimate of drug-likeness (QED) is 0.306. The minimum atomic E-state index is 0. The molecule has 1 aromatic carbocycles. The van der Waals surface area contributed by atoms with Crippen LogP contribution in [0.5, 0.6) is 0 Å². The van der Waals surface area contributed by atoms with Gasteiger partial charge in [-0.3, -0.25) is 0 Å². The second kappa shape index (κ2) is 11.0. The van der Waals surface area contributed by atoms with Gasteiger partial charge in [-0.15, -0.1) is 24.0 Å². The van der Waals surface area contributed by atoms with Crippen molar-refractivity contribution in [2.24, 2.45) is 4.99 Å². The van der Waals surface area contributed by atoms with Crippen LogP contribution in [0.3, 0.4) is 0 Å². The molecule has 2 aromatic heterocycles. The Morgan fingerprint density at radius 2 is 2.00 bits per heavy atom. The molecule has 2 N–H and O–H groups in total. The van der Waals surface area contributed by atoms with Gasteiger partial charge >= 0.3 is 0 Å². The lowest BCUT2D eigenvalue weighted by Crippen LogP contribution is -2.38. The van der Waals surface area contributed by atoms with Gasteiger partial charge in [0.2, 0.25) is 0 Å². The molecule has 26 heavy (non-hydrogen) atoms. The van der Waals surface area contributed by atoms with E-state index in [4.69, 9.17) is 0 Å². The number of para-hydroxylation sites is 1. The van der Waals surface area contributed by atoms with Crippen LogP contribution >= 0.6 is 35.3 Å². The number of nitrogens with zero attached hydrogens (tertiary/aromatic N) is 3. The number of rotatable bonds is 7. The summed E-state index contributed by atoms with van der Waals surface area (Å²) in [5.41, 5.74) is 3.52. The number of aromatic nitrogens is 2. The molecule has 7 heteroatoms. The molecule has 0 radical (unpaired) electrons. The first-order chi connectivity index (χ1) is 12.3. The van der Waals surface area contributed by atoms with Crippen LogP contribution in [0.15, 0.2) is 64.5 Å². The number of nitrogens with one attached hydrogen (secondary N) is 2. The van der Waals surface area contributed by atoms with Crippen molar-refractivity contribution in [1.82, 2.24) is 20.4 Å². The summed E-state index contributed by atoms with van der Waals surface area (Å²) in [6.07, 6.45) is 4.90. The summed E-state index contributed by atoms with van der Waals surface area (Å²) in [6.45, 7) is 4.44. The SMILES string of the molecule is CCNC(=NCc1ccsc1)NCCc1cnn(-c2ccccc2)c1.I. The zero-order chi connectivity index (χ0) is 17.3. The van der Waals surface area contributed by atoms with Gasteiger partial charge in [-0.1, -0.05) is 18.2 Å². The first kappa shape index (κ1) is 20.4. The van der Waals surface area contributed by atoms with E-state index in [2.05, 4.69) is 62.8 Å². The van der Waals surface area contributed by atoms with Crippen LogP contribution in [0.2, 0.25) is 0 Å². The highest BCUT2D eigenvalue weighted by molar-refractivity contribution is 14.0. The largest absolute Gasteiger partial charge is 0.357 e. The van der Waals surface area contributed by atoms with Crippen LogP contribution in [0.4, 0.5) is 0 Å². The maximum atomic E-state index is 4.62. The fourth-order valence-electron chi connectivity index (χ4n) is 2.43. The van der Waals surface area contributed by atoms with E-state index in [0.717, 1.165) is 31.2 Å². The fraction of sp³-hybridized carbons (Fsp3) is 0.263. The lowest BCUT2D eigenvalue weighted by atomic mass is 10.2. The monoisotopic (exact) mass is 481 g/mol. The molecule has 0 bridgehead atoms. The van der Waals surface area contributed by atoms with Crippen molar-refractivity contribution in [3.63, 3.8) is 0 Å². The first-order valence-corrected chi connectivity index (χ1v) is 9.41. The van der Waals surface area contributed by atoms with Gasteiger partial charge in [0.25, 0.3) is 0 Å². The topological polar surface area (TPSA) is 54.2 Å². The molecule has 3 aromatic rings. The second-order valence-electron chi connectivity index (χ2n) is 5.63. The third kappa shape index (κ3) is 6.14. The summed E-state index contributed by atoms with van der Waals surface area (Å²) in [5, 5.41) is 15.3. The molecule has 0 saturated carbocycles. The van der Waals surface area contributed by atoms with Crippen LogP contribution in [0, 0.1) is 0 Å². The molecule has 0 unspecified atom stereocenters. The van der Waals surface area contributed by atoms with E-state index >= 15 is 0 Å². The highest BCUT2D eigenvalue weighted by Gasteiger charge is 2.02. The predicted molar refractivity (Wildman–Crippen MR) is 120 cm³/mol. The summed E-state index contributed by atoms with van der Waals surface area (Å²) in [6, 6.07) is 12.3. The van der Waals surface area contributed by atoms with E-state index in [-0.39, 0.29) is 24.0 Å². The fourth-order valence-corrected chi connectivity index (χ4v) is 3.09. The number of thiophene rings is 1. The molecule has 0 amide bonds. The van der Waals surface area contributed by atoms with Crippen molar-refractivity contribution in [2.75, 3.05) is 13.1 Å². The smallest absolute Gasteiger partial charge is 0.191 e. The van der Waals surface area contributed by atoms with E-state index in [1.807, 2.05) is 29.1 Å². The summed E-state index contributed by atoms with van der Waals surface area (Å²) in [7, 11) is 0. The average molecular weight is 481 g/mol. The Kier molecular flexibility index (Phi) is 8.63. The Hall–Kier alpha value is -1.87. The summed E-state index contributed by atoms with van der Waals surface area (Å²) < 4.78 is 1.91. The molecule has 2 heterocycles. The highest BCUT2D eigenvalue weighted by Crippen LogP contribution is 2.08. The van der Waals surface area contributed by atoms with Gasteiger partial charge in [-0.2, -0.15) is 16.4 Å². The van der Waals surface area contributed by atoms with Gasteiger partial charge in [0.1, 0.15) is 0 Å². The molecule has 0 aliphatic carbocycles. The van der Waals surface area contributed by atoms with E-state index in [0.29, 0.717) is 6.54 Å². The molecule has 0 spiro atoms. The summed E-state index contributed by atoms with van der Waals surface area (Å²) in [5.74, 6) is 0.851. The lowest BCUT2D eigenvalue weighted by molar-refractivity contribution is 0.799. The molecule has 3 rings (SSSR count). The van der Waals surface area contributed by atoms with Crippen molar-refractivity contribution in [3.05, 3.63) is 70.7 Å². The van der Waals surface area contributed by atoms with Crippen LogP contribution in [0.25, 0.3) is 5.69 Å². The van der Waals surface area contributed by atoms with Crippen LogP contribution in [-0.2, 0) is 13.0 Å². The Labute approximate surface area is 175 Å². The molecular formula is C19H24IN5S. The lowest BCUT2D eigenvalue weighted by Gasteiger charge is -2.10.